The lowest BCUT2D eigenvalue weighted by molar-refractivity contribution is -0.116. The number of nitrogens with zero attached hydrogens (tertiary/aromatic N) is 1. The third kappa shape index (κ3) is 5.68. The van der Waals surface area contributed by atoms with Crippen molar-refractivity contribution in [2.24, 2.45) is 0 Å². The lowest BCUT2D eigenvalue weighted by Crippen LogP contribution is -2.11. The van der Waals surface area contributed by atoms with Gasteiger partial charge in [0.15, 0.2) is 0 Å². The summed E-state index contributed by atoms with van der Waals surface area (Å²) in [5, 5.41) is 3.73. The van der Waals surface area contributed by atoms with E-state index in [0.29, 0.717) is 24.6 Å². The molecule has 0 aliphatic rings. The molecule has 0 aromatic carbocycles. The lowest BCUT2D eigenvalue weighted by atomic mass is 10.2. The first-order chi connectivity index (χ1) is 8.26. The van der Waals surface area contributed by atoms with Crippen molar-refractivity contribution in [2.45, 2.75) is 26.2 Å². The summed E-state index contributed by atoms with van der Waals surface area (Å²) in [6.45, 7) is 2.49. The minimum absolute atomic E-state index is 0.0249. The Kier molecular flexibility index (Phi) is 6.62. The van der Waals surface area contributed by atoms with Crippen molar-refractivity contribution in [1.82, 2.24) is 4.98 Å². The summed E-state index contributed by atoms with van der Waals surface area (Å²) in [6.07, 6.45) is 4.04. The van der Waals surface area contributed by atoms with Crippen LogP contribution in [0.15, 0.2) is 18.3 Å². The zero-order chi connectivity index (χ0) is 12.5. The molecule has 5 heteroatoms. The number of rotatable bonds is 7. The SMILES string of the molecule is CCOc1ccc(NC(=O)CCCCBr)cn1. The number of carbonyl (C=O) groups is 1. The standard InChI is InChI=1S/C12H17BrN2O2/c1-2-17-12-7-6-10(9-14-12)15-11(16)5-3-4-8-13/h6-7,9H,2-5,8H2,1H3,(H,15,16). The lowest BCUT2D eigenvalue weighted by Gasteiger charge is -2.05. The van der Waals surface area contributed by atoms with Crippen molar-refractivity contribution in [3.05, 3.63) is 18.3 Å². The van der Waals surface area contributed by atoms with Crippen LogP contribution in [0.25, 0.3) is 0 Å². The monoisotopic (exact) mass is 300 g/mol. The molecule has 1 rings (SSSR count). The van der Waals surface area contributed by atoms with Gasteiger partial charge < -0.3 is 10.1 Å². The van der Waals surface area contributed by atoms with Crippen molar-refractivity contribution < 1.29 is 9.53 Å². The number of hydrogen-bond acceptors (Lipinski definition) is 3. The Bertz CT molecular complexity index is 341. The summed E-state index contributed by atoms with van der Waals surface area (Å²) in [6, 6.07) is 3.54. The van der Waals surface area contributed by atoms with Gasteiger partial charge in [-0.1, -0.05) is 15.9 Å². The predicted octanol–water partition coefficient (Wildman–Crippen LogP) is 2.98. The molecule has 0 radical (unpaired) electrons. The quantitative estimate of drug-likeness (QED) is 0.622. The number of carbonyl (C=O) groups excluding carboxylic acids is 1. The van der Waals surface area contributed by atoms with E-state index in [2.05, 4.69) is 26.2 Å². The number of alkyl halides is 1. The summed E-state index contributed by atoms with van der Waals surface area (Å²) in [4.78, 5) is 15.6. The van der Waals surface area contributed by atoms with Gasteiger partial charge in [-0.3, -0.25) is 4.79 Å². The first kappa shape index (κ1) is 14.0. The number of anilines is 1. The fraction of sp³-hybridized carbons (Fsp3) is 0.500. The van der Waals surface area contributed by atoms with Crippen LogP contribution in [0.5, 0.6) is 5.88 Å². The Morgan fingerprint density at radius 2 is 2.29 bits per heavy atom. The minimum Gasteiger partial charge on any atom is -0.478 e. The second-order valence-electron chi connectivity index (χ2n) is 3.51. The molecule has 0 saturated heterocycles. The van der Waals surface area contributed by atoms with Crippen LogP contribution in [0, 0.1) is 0 Å². The molecule has 1 N–H and O–H groups in total. The van der Waals surface area contributed by atoms with E-state index >= 15 is 0 Å². The Morgan fingerprint density at radius 1 is 1.47 bits per heavy atom. The molecule has 1 heterocycles. The molecule has 4 nitrogen and oxygen atoms in total. The van der Waals surface area contributed by atoms with Gasteiger partial charge >= 0.3 is 0 Å². The molecule has 94 valence electrons. The van der Waals surface area contributed by atoms with Crippen molar-refractivity contribution >= 4 is 27.5 Å². The number of aromatic nitrogens is 1. The fourth-order valence-electron chi connectivity index (χ4n) is 1.29. The summed E-state index contributed by atoms with van der Waals surface area (Å²) in [5.41, 5.74) is 0.706. The van der Waals surface area contributed by atoms with Crippen LogP contribution in [0.2, 0.25) is 0 Å². The van der Waals surface area contributed by atoms with Crippen LogP contribution >= 0.6 is 15.9 Å². The van der Waals surface area contributed by atoms with E-state index in [1.54, 1.807) is 18.3 Å². The van der Waals surface area contributed by atoms with Crippen molar-refractivity contribution in [3.63, 3.8) is 0 Å². The topological polar surface area (TPSA) is 51.2 Å². The van der Waals surface area contributed by atoms with Crippen molar-refractivity contribution in [2.75, 3.05) is 17.3 Å². The molecular formula is C12H17BrN2O2. The van der Waals surface area contributed by atoms with Gasteiger partial charge in [-0.15, -0.1) is 0 Å². The summed E-state index contributed by atoms with van der Waals surface area (Å²) in [5.74, 6) is 0.599. The van der Waals surface area contributed by atoms with E-state index in [1.807, 2.05) is 6.92 Å². The molecule has 0 bridgehead atoms. The van der Waals surface area contributed by atoms with Crippen LogP contribution < -0.4 is 10.1 Å². The molecule has 0 atom stereocenters. The predicted molar refractivity (Wildman–Crippen MR) is 71.7 cm³/mol. The summed E-state index contributed by atoms with van der Waals surface area (Å²) >= 11 is 3.33. The number of amides is 1. The number of halogens is 1. The van der Waals surface area contributed by atoms with E-state index in [9.17, 15) is 4.79 Å². The molecular weight excluding hydrogens is 284 g/mol. The second kappa shape index (κ2) is 8.06. The van der Waals surface area contributed by atoms with Crippen molar-refractivity contribution in [1.29, 1.82) is 0 Å². The average Bonchev–Trinajstić information content (AvgIpc) is 2.32. The maximum absolute atomic E-state index is 11.5. The Balaban J connectivity index is 2.37. The Morgan fingerprint density at radius 3 is 2.88 bits per heavy atom. The maximum Gasteiger partial charge on any atom is 0.224 e. The zero-order valence-electron chi connectivity index (χ0n) is 9.91. The third-order valence-corrected chi connectivity index (χ3v) is 2.66. The second-order valence-corrected chi connectivity index (χ2v) is 4.31. The van der Waals surface area contributed by atoms with E-state index in [1.165, 1.54) is 0 Å². The van der Waals surface area contributed by atoms with Gasteiger partial charge in [-0.2, -0.15) is 0 Å². The van der Waals surface area contributed by atoms with Crippen LogP contribution in [-0.4, -0.2) is 22.8 Å². The van der Waals surface area contributed by atoms with E-state index in [-0.39, 0.29) is 5.91 Å². The maximum atomic E-state index is 11.5. The molecule has 17 heavy (non-hydrogen) atoms. The number of nitrogens with one attached hydrogen (secondary N) is 1. The smallest absolute Gasteiger partial charge is 0.224 e. The largest absolute Gasteiger partial charge is 0.478 e. The van der Waals surface area contributed by atoms with Gasteiger partial charge in [0.1, 0.15) is 0 Å². The minimum atomic E-state index is 0.0249. The van der Waals surface area contributed by atoms with Gasteiger partial charge in [0.2, 0.25) is 11.8 Å². The molecule has 0 unspecified atom stereocenters. The molecule has 0 spiro atoms. The van der Waals surface area contributed by atoms with Crippen LogP contribution in [0.3, 0.4) is 0 Å². The highest BCUT2D eigenvalue weighted by Crippen LogP contribution is 2.12. The highest BCUT2D eigenvalue weighted by molar-refractivity contribution is 9.09. The summed E-state index contributed by atoms with van der Waals surface area (Å²) in [7, 11) is 0. The Hall–Kier alpha value is -1.10. The van der Waals surface area contributed by atoms with Gasteiger partial charge in [-0.25, -0.2) is 4.98 Å². The normalized spacial score (nSPS) is 10.0. The average molecular weight is 301 g/mol. The van der Waals surface area contributed by atoms with E-state index in [0.717, 1.165) is 18.2 Å². The first-order valence-electron chi connectivity index (χ1n) is 5.71. The van der Waals surface area contributed by atoms with Crippen LogP contribution in [-0.2, 0) is 4.79 Å². The molecule has 0 aliphatic carbocycles. The molecule has 0 aliphatic heterocycles. The van der Waals surface area contributed by atoms with Gasteiger partial charge in [0, 0.05) is 17.8 Å². The van der Waals surface area contributed by atoms with Crippen LogP contribution in [0.1, 0.15) is 26.2 Å². The van der Waals surface area contributed by atoms with E-state index < -0.39 is 0 Å². The van der Waals surface area contributed by atoms with E-state index in [4.69, 9.17) is 4.74 Å². The summed E-state index contributed by atoms with van der Waals surface area (Å²) < 4.78 is 5.22. The molecule has 0 fully saturated rings. The highest BCUT2D eigenvalue weighted by Gasteiger charge is 2.02. The van der Waals surface area contributed by atoms with Gasteiger partial charge in [0.05, 0.1) is 18.5 Å². The van der Waals surface area contributed by atoms with Crippen molar-refractivity contribution in [3.8, 4) is 5.88 Å². The molecule has 1 amide bonds. The first-order valence-corrected chi connectivity index (χ1v) is 6.83. The fourth-order valence-corrected chi connectivity index (χ4v) is 1.69. The highest BCUT2D eigenvalue weighted by atomic mass is 79.9. The number of pyridine rings is 1. The zero-order valence-corrected chi connectivity index (χ0v) is 11.5. The van der Waals surface area contributed by atoms with Crippen LogP contribution in [0.4, 0.5) is 5.69 Å². The number of ether oxygens (including phenoxy) is 1. The number of hydrogen-bond donors (Lipinski definition) is 1. The molecule has 1 aromatic rings. The third-order valence-electron chi connectivity index (χ3n) is 2.10. The molecule has 1 aromatic heterocycles. The number of unbranched alkanes of at least 4 members (excludes halogenated alkanes) is 1. The molecule has 0 saturated carbocycles. The van der Waals surface area contributed by atoms with Gasteiger partial charge in [-0.05, 0) is 25.8 Å². The van der Waals surface area contributed by atoms with Gasteiger partial charge in [0.25, 0.3) is 0 Å². The Labute approximate surface area is 110 Å².